The third-order valence-electron chi connectivity index (χ3n) is 5.98. The molecule has 2 aliphatic heterocycles. The Morgan fingerprint density at radius 1 is 1.35 bits per heavy atom. The zero-order valence-electron chi connectivity index (χ0n) is 20.7. The van der Waals surface area contributed by atoms with Crippen molar-refractivity contribution in [3.63, 3.8) is 0 Å². The van der Waals surface area contributed by atoms with Crippen LogP contribution in [0.5, 0.6) is 5.75 Å². The Bertz CT molecular complexity index is 1210. The largest absolute Gasteiger partial charge is 0.462 e. The van der Waals surface area contributed by atoms with Gasteiger partial charge >= 0.3 is 19.4 Å². The first-order valence-electron chi connectivity index (χ1n) is 11.8. The van der Waals surface area contributed by atoms with Gasteiger partial charge in [-0.2, -0.15) is 10.1 Å². The molecule has 0 amide bonds. The van der Waals surface area contributed by atoms with E-state index in [0.717, 1.165) is 5.75 Å². The maximum atomic E-state index is 13.7. The van der Waals surface area contributed by atoms with Gasteiger partial charge in [0.1, 0.15) is 29.8 Å². The van der Waals surface area contributed by atoms with Crippen LogP contribution in [-0.4, -0.2) is 62.1 Å². The number of carbonyl (C=O) groups is 1. The van der Waals surface area contributed by atoms with Gasteiger partial charge in [-0.1, -0.05) is 18.2 Å². The smallest absolute Gasteiger partial charge is 0.459 e. The van der Waals surface area contributed by atoms with E-state index < -0.39 is 48.6 Å². The molecule has 4 rings (SSSR count). The van der Waals surface area contributed by atoms with E-state index in [1.807, 2.05) is 0 Å². The highest BCUT2D eigenvalue weighted by Gasteiger charge is 2.61. The van der Waals surface area contributed by atoms with E-state index in [1.54, 1.807) is 44.2 Å². The number of ether oxygens (including phenoxy) is 2. The summed E-state index contributed by atoms with van der Waals surface area (Å²) in [7, 11) is -4.16. The molecule has 2 aliphatic rings. The Morgan fingerprint density at radius 3 is 2.65 bits per heavy atom. The number of thioether (sulfide) groups is 1. The van der Waals surface area contributed by atoms with Crippen LogP contribution in [0.3, 0.4) is 0 Å². The van der Waals surface area contributed by atoms with Crippen LogP contribution in [0, 0.1) is 0 Å². The number of benzene rings is 1. The number of aliphatic hydroxyl groups is 1. The number of nitrogens with zero attached hydrogens (tertiary/aromatic N) is 2. The summed E-state index contributed by atoms with van der Waals surface area (Å²) in [5.41, 5.74) is 5.01. The first kappa shape index (κ1) is 27.6. The van der Waals surface area contributed by atoms with E-state index in [4.69, 9.17) is 24.3 Å². The number of rotatable bonds is 10. The number of nitrogen functional groups attached to an aromatic ring is 1. The second kappa shape index (κ2) is 11.1. The van der Waals surface area contributed by atoms with Crippen molar-refractivity contribution in [2.24, 2.45) is 0 Å². The summed E-state index contributed by atoms with van der Waals surface area (Å²) < 4.78 is 36.9. The molecule has 3 heterocycles. The fraction of sp³-hybridized carbons (Fsp3) is 0.522. The summed E-state index contributed by atoms with van der Waals surface area (Å²) >= 11 is 1.47. The molecule has 37 heavy (non-hydrogen) atoms. The number of esters is 1. The van der Waals surface area contributed by atoms with Gasteiger partial charge in [-0.15, -0.1) is 11.8 Å². The van der Waals surface area contributed by atoms with E-state index in [-0.39, 0.29) is 24.3 Å². The van der Waals surface area contributed by atoms with Gasteiger partial charge in [0, 0.05) is 6.20 Å². The number of hydrogen-bond donors (Lipinski definition) is 3. The third-order valence-corrected chi connectivity index (χ3v) is 9.21. The van der Waals surface area contributed by atoms with Gasteiger partial charge in [-0.25, -0.2) is 9.36 Å². The Kier molecular flexibility index (Phi) is 8.32. The molecule has 0 radical (unpaired) electrons. The zero-order valence-corrected chi connectivity index (χ0v) is 22.4. The van der Waals surface area contributed by atoms with Crippen molar-refractivity contribution in [3.05, 3.63) is 53.1 Å². The van der Waals surface area contributed by atoms with E-state index in [9.17, 15) is 19.3 Å². The quantitative estimate of drug-likeness (QED) is 0.290. The Balaban J connectivity index is 1.53. The zero-order chi connectivity index (χ0) is 26.8. The fourth-order valence-corrected chi connectivity index (χ4v) is 6.94. The van der Waals surface area contributed by atoms with Crippen LogP contribution in [0.25, 0.3) is 0 Å². The first-order valence-corrected chi connectivity index (χ1v) is 14.4. The molecule has 1 unspecified atom stereocenters. The van der Waals surface area contributed by atoms with Crippen LogP contribution in [0.4, 0.5) is 5.82 Å². The summed E-state index contributed by atoms with van der Waals surface area (Å²) in [6, 6.07) is 8.79. The summed E-state index contributed by atoms with van der Waals surface area (Å²) in [4.78, 5) is 28.6. The van der Waals surface area contributed by atoms with E-state index >= 15 is 0 Å². The molecule has 12 nitrogen and oxygen atoms in total. The second-order valence-electron chi connectivity index (χ2n) is 9.10. The molecular formula is C23H31N4O8PS. The van der Waals surface area contributed by atoms with Gasteiger partial charge in [0.15, 0.2) is 6.23 Å². The molecule has 14 heteroatoms. The average Bonchev–Trinajstić information content (AvgIpc) is 3.10. The summed E-state index contributed by atoms with van der Waals surface area (Å²) in [6.45, 7) is 4.53. The molecule has 1 spiro atoms. The number of para-hydroxylation sites is 1. The number of anilines is 1. The average molecular weight is 555 g/mol. The van der Waals surface area contributed by atoms with Crippen LogP contribution in [0.15, 0.2) is 47.4 Å². The van der Waals surface area contributed by atoms with Crippen molar-refractivity contribution in [1.29, 1.82) is 0 Å². The van der Waals surface area contributed by atoms with E-state index in [0.29, 0.717) is 6.42 Å². The minimum Gasteiger partial charge on any atom is -0.462 e. The molecule has 1 aromatic heterocycles. The summed E-state index contributed by atoms with van der Waals surface area (Å²) in [5.74, 6) is 0.464. The second-order valence-corrected chi connectivity index (χ2v) is 12.3. The standard InChI is InChI=1S/C23H31N4O8PS/c1-14(2)33-20(29)15(3)26-36(31,35-16-7-5-4-6-8-16)32-13-17-19(28)23(10-12-37-23)21(34-17)27-11-9-18(24)25-22(27)30/h4-9,11,14-15,17,19,21,28H,10,12-13H2,1-3H3,(H,26,31)(H2,24,25,30)/t15-,17+,19+,21+,23+,36?/m0/s1. The van der Waals surface area contributed by atoms with Gasteiger partial charge < -0.3 is 24.8 Å². The molecule has 0 aliphatic carbocycles. The maximum Gasteiger partial charge on any atom is 0.459 e. The van der Waals surface area contributed by atoms with Crippen LogP contribution in [0.1, 0.15) is 33.4 Å². The van der Waals surface area contributed by atoms with Crippen molar-refractivity contribution in [2.45, 2.75) is 62.5 Å². The molecule has 4 N–H and O–H groups in total. The fourth-order valence-electron chi connectivity index (χ4n) is 4.12. The number of carbonyl (C=O) groups excluding carboxylic acids is 1. The predicted molar refractivity (Wildman–Crippen MR) is 137 cm³/mol. The monoisotopic (exact) mass is 554 g/mol. The Labute approximate surface area is 218 Å². The molecule has 1 aromatic carbocycles. The van der Waals surface area contributed by atoms with Crippen molar-refractivity contribution < 1.29 is 33.0 Å². The highest BCUT2D eigenvalue weighted by atomic mass is 32.2. The SMILES string of the molecule is CC(C)OC(=O)[C@H](C)NP(=O)(OC[C@H]1O[C@@H](n2ccc(N)nc2=O)[C@@]2(CCS2)[C@@H]1O)Oc1ccccc1. The van der Waals surface area contributed by atoms with Crippen LogP contribution in [-0.2, 0) is 23.4 Å². The van der Waals surface area contributed by atoms with Gasteiger partial charge in [-0.3, -0.25) is 13.9 Å². The normalized spacial score (nSPS) is 27.4. The Hall–Kier alpha value is -2.41. The molecule has 6 atom stereocenters. The van der Waals surface area contributed by atoms with E-state index in [1.165, 1.54) is 35.5 Å². The predicted octanol–water partition coefficient (Wildman–Crippen LogP) is 2.09. The van der Waals surface area contributed by atoms with Gasteiger partial charge in [0.25, 0.3) is 0 Å². The van der Waals surface area contributed by atoms with Crippen LogP contribution >= 0.6 is 19.5 Å². The highest BCUT2D eigenvalue weighted by molar-refractivity contribution is 8.02. The number of aromatic nitrogens is 2. The molecular weight excluding hydrogens is 523 g/mol. The van der Waals surface area contributed by atoms with Gasteiger partial charge in [0.2, 0.25) is 0 Å². The number of aliphatic hydroxyl groups excluding tert-OH is 1. The lowest BCUT2D eigenvalue weighted by Crippen LogP contribution is -2.51. The topological polar surface area (TPSA) is 164 Å². The lowest BCUT2D eigenvalue weighted by atomic mass is 9.94. The van der Waals surface area contributed by atoms with Crippen molar-refractivity contribution in [2.75, 3.05) is 18.1 Å². The van der Waals surface area contributed by atoms with Crippen molar-refractivity contribution in [1.82, 2.24) is 14.6 Å². The van der Waals surface area contributed by atoms with Crippen molar-refractivity contribution >= 4 is 31.3 Å². The number of nitrogens with two attached hydrogens (primary N) is 1. The van der Waals surface area contributed by atoms with Crippen molar-refractivity contribution in [3.8, 4) is 5.75 Å². The number of hydrogen-bond acceptors (Lipinski definition) is 11. The van der Waals surface area contributed by atoms with E-state index in [2.05, 4.69) is 10.1 Å². The summed E-state index contributed by atoms with van der Waals surface area (Å²) in [6.07, 6.45) is -1.14. The molecule has 0 saturated carbocycles. The first-order chi connectivity index (χ1) is 17.5. The summed E-state index contributed by atoms with van der Waals surface area (Å²) in [5, 5.41) is 13.8. The number of nitrogens with one attached hydrogen (secondary N) is 1. The molecule has 202 valence electrons. The highest BCUT2D eigenvalue weighted by Crippen LogP contribution is 2.57. The molecule has 2 aromatic rings. The minimum atomic E-state index is -4.16. The lowest BCUT2D eigenvalue weighted by Gasteiger charge is -2.43. The van der Waals surface area contributed by atoms with Crippen LogP contribution in [0.2, 0.25) is 0 Å². The molecule has 2 fully saturated rings. The minimum absolute atomic E-state index is 0.0742. The van der Waals surface area contributed by atoms with Crippen LogP contribution < -0.4 is 21.0 Å². The maximum absolute atomic E-state index is 13.7. The Morgan fingerprint density at radius 2 is 2.05 bits per heavy atom. The van der Waals surface area contributed by atoms with Gasteiger partial charge in [-0.05, 0) is 51.1 Å². The lowest BCUT2D eigenvalue weighted by molar-refractivity contribution is -0.149. The molecule has 0 bridgehead atoms. The molecule has 2 saturated heterocycles. The van der Waals surface area contributed by atoms with Gasteiger partial charge in [0.05, 0.1) is 17.5 Å². The third kappa shape index (κ3) is 6.02.